The topological polar surface area (TPSA) is 132 Å². The van der Waals surface area contributed by atoms with Crippen LogP contribution in [0.1, 0.15) is 54.7 Å². The van der Waals surface area contributed by atoms with Crippen molar-refractivity contribution in [3.8, 4) is 22.5 Å². The fraction of sp³-hybridized carbons (Fsp3) is 0.206. The van der Waals surface area contributed by atoms with Gasteiger partial charge in [0.25, 0.3) is 17.5 Å². The van der Waals surface area contributed by atoms with Crippen LogP contribution in [0.25, 0.3) is 33.6 Å². The molecular formula is C34H28BrFN8O3. The molecule has 11 nitrogen and oxygen atoms in total. The minimum atomic E-state index is -0.582. The molecule has 1 unspecified atom stereocenters. The van der Waals surface area contributed by atoms with Crippen molar-refractivity contribution in [2.75, 3.05) is 16.8 Å². The lowest BCUT2D eigenvalue weighted by molar-refractivity contribution is -0.123. The van der Waals surface area contributed by atoms with Crippen LogP contribution in [-0.2, 0) is 4.79 Å². The van der Waals surface area contributed by atoms with E-state index in [1.165, 1.54) is 22.9 Å². The molecule has 1 N–H and O–H groups in total. The number of carbonyl (C=O) groups excluding carboxylic acids is 2. The van der Waals surface area contributed by atoms with Gasteiger partial charge < -0.3 is 14.7 Å². The van der Waals surface area contributed by atoms with Crippen LogP contribution in [-0.4, -0.2) is 48.5 Å². The molecule has 13 heteroatoms. The molecule has 6 aromatic rings. The molecule has 0 spiro atoms. The summed E-state index contributed by atoms with van der Waals surface area (Å²) in [6, 6.07) is 16.5. The molecule has 1 atom stereocenters. The molecule has 1 saturated heterocycles. The number of nitrogens with one attached hydrogen (secondary N) is 1. The molecule has 47 heavy (non-hydrogen) atoms. The Hall–Kier alpha value is -5.30. The molecule has 0 bridgehead atoms. The highest BCUT2D eigenvalue weighted by atomic mass is 79.9. The monoisotopic (exact) mass is 694 g/mol. The summed E-state index contributed by atoms with van der Waals surface area (Å²) in [6.45, 7) is 4.50. The van der Waals surface area contributed by atoms with E-state index in [2.05, 4.69) is 46.7 Å². The molecule has 1 fully saturated rings. The molecule has 0 radical (unpaired) electrons. The first-order valence-corrected chi connectivity index (χ1v) is 15.9. The quantitative estimate of drug-likeness (QED) is 0.186. The van der Waals surface area contributed by atoms with Gasteiger partial charge >= 0.3 is 0 Å². The number of benzene rings is 2. The smallest absolute Gasteiger partial charge is 0.259 e. The number of amides is 2. The summed E-state index contributed by atoms with van der Waals surface area (Å²) in [5.74, 6) is -1.14. The van der Waals surface area contributed by atoms with Crippen LogP contribution in [0.4, 0.5) is 15.8 Å². The van der Waals surface area contributed by atoms with Crippen molar-refractivity contribution in [3.05, 3.63) is 101 Å². The number of nitrogens with zero attached hydrogens (tertiary/aromatic N) is 7. The predicted octanol–water partition coefficient (Wildman–Crippen LogP) is 7.19. The first-order chi connectivity index (χ1) is 22.8. The van der Waals surface area contributed by atoms with Crippen LogP contribution in [0.15, 0.2) is 88.3 Å². The van der Waals surface area contributed by atoms with E-state index in [1.807, 2.05) is 44.2 Å². The Labute approximate surface area is 276 Å². The minimum Gasteiger partial charge on any atom is -0.335 e. The van der Waals surface area contributed by atoms with Crippen LogP contribution < -0.4 is 10.2 Å². The lowest BCUT2D eigenvalue weighted by Crippen LogP contribution is -2.42. The average molecular weight is 696 g/mol. The summed E-state index contributed by atoms with van der Waals surface area (Å²) in [5.41, 5.74) is 3.83. The summed E-state index contributed by atoms with van der Waals surface area (Å²) in [5, 5.41) is 16.0. The molecule has 7 rings (SSSR count). The summed E-state index contributed by atoms with van der Waals surface area (Å²) in [4.78, 5) is 37.8. The maximum absolute atomic E-state index is 15.2. The fourth-order valence-electron chi connectivity index (χ4n) is 5.74. The third-order valence-electron chi connectivity index (χ3n) is 8.10. The third-order valence-corrected chi connectivity index (χ3v) is 8.63. The van der Waals surface area contributed by atoms with Gasteiger partial charge in [-0.15, -0.1) is 5.10 Å². The Morgan fingerprint density at radius 2 is 1.94 bits per heavy atom. The predicted molar refractivity (Wildman–Crippen MR) is 177 cm³/mol. The second-order valence-electron chi connectivity index (χ2n) is 11.6. The number of piperidine rings is 1. The molecule has 5 heterocycles. The second kappa shape index (κ2) is 12.5. The van der Waals surface area contributed by atoms with Crippen molar-refractivity contribution in [2.24, 2.45) is 0 Å². The molecule has 2 aromatic carbocycles. The number of carbonyl (C=O) groups is 2. The van der Waals surface area contributed by atoms with Gasteiger partial charge in [-0.05, 0) is 79.4 Å². The lowest BCUT2D eigenvalue weighted by atomic mass is 10.0. The van der Waals surface area contributed by atoms with Gasteiger partial charge in [0.05, 0.1) is 28.5 Å². The molecule has 1 aliphatic rings. The minimum absolute atomic E-state index is 0.0353. The first kappa shape index (κ1) is 30.4. The standard InChI is InChI=1S/C34H28BrFN8O3/c1-19(2)31-30-25(16-27(39-33(30)47-41-31)20-5-3-13-37-17-20)32(45)38-22-9-12-26(36)24(15-22)28-18-44(42-40-28)29-6-4-14-43(34(29)46)23-10-7-21(35)8-11-23/h3,5,7-13,15-19,29H,4,6,14H2,1-2H3,(H,38,45). The Morgan fingerprint density at radius 1 is 1.11 bits per heavy atom. The highest BCUT2D eigenvalue weighted by molar-refractivity contribution is 9.10. The van der Waals surface area contributed by atoms with E-state index in [9.17, 15) is 9.59 Å². The Balaban J connectivity index is 1.17. The number of anilines is 2. The number of hydrogen-bond donors (Lipinski definition) is 1. The SMILES string of the molecule is CC(C)c1noc2nc(-c3cccnc3)cc(C(=O)Nc3ccc(F)c(-c4cn(C5CCCN(c6ccc(Br)cc6)C5=O)nn4)c3)c12. The van der Waals surface area contributed by atoms with Crippen molar-refractivity contribution < 1.29 is 18.5 Å². The lowest BCUT2D eigenvalue weighted by Gasteiger charge is -2.32. The average Bonchev–Trinajstić information content (AvgIpc) is 3.74. The van der Waals surface area contributed by atoms with E-state index in [1.54, 1.807) is 35.6 Å². The summed E-state index contributed by atoms with van der Waals surface area (Å²) in [6.07, 6.45) is 6.21. The Bertz CT molecular complexity index is 2110. The number of pyridine rings is 2. The second-order valence-corrected chi connectivity index (χ2v) is 12.5. The maximum atomic E-state index is 15.2. The summed E-state index contributed by atoms with van der Waals surface area (Å²) >= 11 is 3.43. The molecule has 0 saturated carbocycles. The van der Waals surface area contributed by atoms with E-state index >= 15 is 4.39 Å². The van der Waals surface area contributed by atoms with E-state index in [4.69, 9.17) is 4.52 Å². The zero-order valence-electron chi connectivity index (χ0n) is 25.4. The van der Waals surface area contributed by atoms with Crippen molar-refractivity contribution in [1.29, 1.82) is 0 Å². The van der Waals surface area contributed by atoms with Crippen LogP contribution >= 0.6 is 15.9 Å². The Kier molecular flexibility index (Phi) is 8.06. The highest BCUT2D eigenvalue weighted by Crippen LogP contribution is 2.33. The first-order valence-electron chi connectivity index (χ1n) is 15.1. The molecule has 236 valence electrons. The number of rotatable bonds is 7. The molecular weight excluding hydrogens is 667 g/mol. The number of aromatic nitrogens is 6. The fourth-order valence-corrected chi connectivity index (χ4v) is 6.00. The Morgan fingerprint density at radius 3 is 2.70 bits per heavy atom. The normalized spacial score (nSPS) is 15.0. The van der Waals surface area contributed by atoms with Gasteiger partial charge in [-0.25, -0.2) is 14.1 Å². The van der Waals surface area contributed by atoms with E-state index in [-0.39, 0.29) is 28.8 Å². The van der Waals surface area contributed by atoms with Gasteiger partial charge in [-0.2, -0.15) is 0 Å². The van der Waals surface area contributed by atoms with Crippen molar-refractivity contribution >= 4 is 50.2 Å². The van der Waals surface area contributed by atoms with Crippen LogP contribution in [0.2, 0.25) is 0 Å². The molecule has 1 aliphatic heterocycles. The maximum Gasteiger partial charge on any atom is 0.259 e. The van der Waals surface area contributed by atoms with E-state index < -0.39 is 17.8 Å². The van der Waals surface area contributed by atoms with Gasteiger partial charge in [0.2, 0.25) is 0 Å². The summed E-state index contributed by atoms with van der Waals surface area (Å²) in [7, 11) is 0. The molecule has 4 aromatic heterocycles. The summed E-state index contributed by atoms with van der Waals surface area (Å²) < 4.78 is 23.2. The van der Waals surface area contributed by atoms with Crippen molar-refractivity contribution in [1.82, 2.24) is 30.1 Å². The molecule has 2 amide bonds. The van der Waals surface area contributed by atoms with Crippen LogP contribution in [0.5, 0.6) is 0 Å². The third kappa shape index (κ3) is 5.89. The van der Waals surface area contributed by atoms with E-state index in [0.29, 0.717) is 46.6 Å². The van der Waals surface area contributed by atoms with Gasteiger partial charge in [-0.3, -0.25) is 14.6 Å². The van der Waals surface area contributed by atoms with Crippen molar-refractivity contribution in [3.63, 3.8) is 0 Å². The zero-order chi connectivity index (χ0) is 32.7. The van der Waals surface area contributed by atoms with Crippen molar-refractivity contribution in [2.45, 2.75) is 38.6 Å². The zero-order valence-corrected chi connectivity index (χ0v) is 27.0. The number of halogens is 2. The van der Waals surface area contributed by atoms with Gasteiger partial charge in [0.15, 0.2) is 0 Å². The highest BCUT2D eigenvalue weighted by Gasteiger charge is 2.32. The van der Waals surface area contributed by atoms with Gasteiger partial charge in [0, 0.05) is 45.9 Å². The number of hydrogen-bond acceptors (Lipinski definition) is 8. The van der Waals surface area contributed by atoms with Gasteiger partial charge in [-0.1, -0.05) is 40.1 Å². The molecule has 0 aliphatic carbocycles. The van der Waals surface area contributed by atoms with Gasteiger partial charge in [0.1, 0.15) is 17.6 Å². The van der Waals surface area contributed by atoms with Crippen LogP contribution in [0, 0.1) is 5.82 Å². The van der Waals surface area contributed by atoms with Crippen LogP contribution in [0.3, 0.4) is 0 Å². The van der Waals surface area contributed by atoms with E-state index in [0.717, 1.165) is 16.6 Å². The largest absolute Gasteiger partial charge is 0.335 e. The number of fused-ring (bicyclic) bond motifs is 1.